The number of hydrogen-bond donors (Lipinski definition) is 0. The van der Waals surface area contributed by atoms with Gasteiger partial charge < -0.3 is 0 Å². The molecule has 1 atom stereocenters. The van der Waals surface area contributed by atoms with Crippen molar-refractivity contribution < 1.29 is 4.39 Å². The van der Waals surface area contributed by atoms with Crippen molar-refractivity contribution >= 4 is 0 Å². The highest BCUT2D eigenvalue weighted by Gasteiger charge is 2.13. The molecule has 1 aliphatic carbocycles. The van der Waals surface area contributed by atoms with Gasteiger partial charge in [0.1, 0.15) is 0 Å². The molecule has 0 aliphatic heterocycles. The molecule has 1 aromatic rings. The normalized spacial score (nSPS) is 20.2. The van der Waals surface area contributed by atoms with E-state index in [1.165, 1.54) is 11.6 Å². The molecule has 0 aromatic carbocycles. The number of aryl methyl sites for hydroxylation is 1. The first-order valence-electron chi connectivity index (χ1n) is 5.15. The molecule has 15 heavy (non-hydrogen) atoms. The van der Waals surface area contributed by atoms with Gasteiger partial charge in [-0.25, -0.2) is 4.98 Å². The Kier molecular flexibility index (Phi) is 2.67. The molecule has 1 aromatic heterocycles. The molecule has 1 unspecified atom stereocenters. The average Bonchev–Trinajstić information content (AvgIpc) is 2.20. The van der Waals surface area contributed by atoms with E-state index in [2.05, 4.69) is 30.1 Å². The van der Waals surface area contributed by atoms with Crippen LogP contribution >= 0.6 is 0 Å². The van der Waals surface area contributed by atoms with Gasteiger partial charge in [0.2, 0.25) is 5.95 Å². The van der Waals surface area contributed by atoms with Gasteiger partial charge in [0.25, 0.3) is 0 Å². The van der Waals surface area contributed by atoms with Crippen molar-refractivity contribution in [1.29, 1.82) is 0 Å². The SMILES string of the molecule is CC1=CCC(c2ccc(F)nc2C)C=C1. The lowest BCUT2D eigenvalue weighted by Crippen LogP contribution is -2.02. The molecule has 2 heteroatoms. The standard InChI is InChI=1S/C13H14FN/c1-9-3-5-11(6-4-9)12-7-8-13(14)15-10(12)2/h3-5,7-8,11H,6H2,1-2H3. The second-order valence-electron chi connectivity index (χ2n) is 3.96. The fraction of sp³-hybridized carbons (Fsp3) is 0.308. The number of allylic oxidation sites excluding steroid dienone is 4. The minimum Gasteiger partial charge on any atom is -0.225 e. The third-order valence-corrected chi connectivity index (χ3v) is 2.78. The Bertz CT molecular complexity index is 432. The van der Waals surface area contributed by atoms with E-state index in [1.54, 1.807) is 0 Å². The summed E-state index contributed by atoms with van der Waals surface area (Å²) in [7, 11) is 0. The minimum absolute atomic E-state index is 0.349. The summed E-state index contributed by atoms with van der Waals surface area (Å²) in [4.78, 5) is 3.85. The van der Waals surface area contributed by atoms with Gasteiger partial charge >= 0.3 is 0 Å². The summed E-state index contributed by atoms with van der Waals surface area (Å²) in [5.41, 5.74) is 3.20. The van der Waals surface area contributed by atoms with Gasteiger partial charge in [-0.05, 0) is 31.9 Å². The van der Waals surface area contributed by atoms with Crippen LogP contribution in [0.5, 0.6) is 0 Å². The van der Waals surface area contributed by atoms with Crippen LogP contribution < -0.4 is 0 Å². The minimum atomic E-state index is -0.400. The molecule has 0 spiro atoms. The topological polar surface area (TPSA) is 12.9 Å². The molecule has 1 aliphatic rings. The Balaban J connectivity index is 2.28. The van der Waals surface area contributed by atoms with Gasteiger partial charge in [0, 0.05) is 11.6 Å². The van der Waals surface area contributed by atoms with Gasteiger partial charge in [-0.15, -0.1) is 0 Å². The van der Waals surface area contributed by atoms with Crippen molar-refractivity contribution in [2.24, 2.45) is 0 Å². The van der Waals surface area contributed by atoms with Gasteiger partial charge in [-0.1, -0.05) is 29.9 Å². The molecule has 1 nitrogen and oxygen atoms in total. The van der Waals surface area contributed by atoms with Crippen LogP contribution in [0, 0.1) is 12.9 Å². The van der Waals surface area contributed by atoms with Crippen LogP contribution in [0.15, 0.2) is 35.9 Å². The summed E-state index contributed by atoms with van der Waals surface area (Å²) in [6, 6.07) is 3.27. The monoisotopic (exact) mass is 203 g/mol. The van der Waals surface area contributed by atoms with Crippen molar-refractivity contribution in [3.8, 4) is 0 Å². The van der Waals surface area contributed by atoms with Crippen LogP contribution in [-0.4, -0.2) is 4.98 Å². The molecule has 0 bridgehead atoms. The third kappa shape index (κ3) is 2.14. The molecular weight excluding hydrogens is 189 g/mol. The number of pyridine rings is 1. The van der Waals surface area contributed by atoms with Crippen LogP contribution in [0.3, 0.4) is 0 Å². The van der Waals surface area contributed by atoms with Gasteiger partial charge in [0.05, 0.1) is 0 Å². The van der Waals surface area contributed by atoms with Crippen LogP contribution in [0.4, 0.5) is 4.39 Å². The Labute approximate surface area is 89.4 Å². The molecule has 78 valence electrons. The maximum absolute atomic E-state index is 12.8. The van der Waals surface area contributed by atoms with E-state index in [4.69, 9.17) is 0 Å². The molecule has 0 radical (unpaired) electrons. The lowest BCUT2D eigenvalue weighted by atomic mass is 9.90. The molecular formula is C13H14FN. The second kappa shape index (κ2) is 3.97. The average molecular weight is 203 g/mol. The van der Waals surface area contributed by atoms with E-state index in [0.29, 0.717) is 5.92 Å². The maximum Gasteiger partial charge on any atom is 0.213 e. The predicted octanol–water partition coefficient (Wildman–Crippen LogP) is 3.52. The van der Waals surface area contributed by atoms with E-state index in [0.717, 1.165) is 17.7 Å². The van der Waals surface area contributed by atoms with E-state index in [-0.39, 0.29) is 0 Å². The van der Waals surface area contributed by atoms with Crippen molar-refractivity contribution in [2.75, 3.05) is 0 Å². The molecule has 0 amide bonds. The number of hydrogen-bond acceptors (Lipinski definition) is 1. The maximum atomic E-state index is 12.8. The number of halogens is 1. The summed E-state index contributed by atoms with van der Waals surface area (Å²) < 4.78 is 12.8. The number of aromatic nitrogens is 1. The van der Waals surface area contributed by atoms with Gasteiger partial charge in [-0.3, -0.25) is 0 Å². The Hall–Kier alpha value is -1.44. The summed E-state index contributed by atoms with van der Waals surface area (Å²) in [5, 5.41) is 0. The molecule has 1 heterocycles. The zero-order valence-corrected chi connectivity index (χ0v) is 9.00. The predicted molar refractivity (Wildman–Crippen MR) is 59.2 cm³/mol. The first-order valence-corrected chi connectivity index (χ1v) is 5.15. The molecule has 0 saturated heterocycles. The molecule has 0 fully saturated rings. The largest absolute Gasteiger partial charge is 0.225 e. The smallest absolute Gasteiger partial charge is 0.213 e. The van der Waals surface area contributed by atoms with Crippen molar-refractivity contribution in [1.82, 2.24) is 4.98 Å². The lowest BCUT2D eigenvalue weighted by Gasteiger charge is -2.16. The number of nitrogens with zero attached hydrogens (tertiary/aromatic N) is 1. The zero-order valence-electron chi connectivity index (χ0n) is 9.00. The fourth-order valence-electron chi connectivity index (χ4n) is 1.89. The Morgan fingerprint density at radius 1 is 1.33 bits per heavy atom. The molecule has 2 rings (SSSR count). The van der Waals surface area contributed by atoms with Gasteiger partial charge in [0.15, 0.2) is 0 Å². The Morgan fingerprint density at radius 2 is 2.13 bits per heavy atom. The Morgan fingerprint density at radius 3 is 2.73 bits per heavy atom. The zero-order chi connectivity index (χ0) is 10.8. The van der Waals surface area contributed by atoms with Crippen molar-refractivity contribution in [3.05, 3.63) is 53.1 Å². The quantitative estimate of drug-likeness (QED) is 0.636. The van der Waals surface area contributed by atoms with Crippen LogP contribution in [-0.2, 0) is 0 Å². The van der Waals surface area contributed by atoms with Crippen LogP contribution in [0.2, 0.25) is 0 Å². The second-order valence-corrected chi connectivity index (χ2v) is 3.96. The molecule has 0 N–H and O–H groups in total. The van der Waals surface area contributed by atoms with Crippen LogP contribution in [0.25, 0.3) is 0 Å². The summed E-state index contributed by atoms with van der Waals surface area (Å²) in [5.74, 6) is -0.0513. The van der Waals surface area contributed by atoms with E-state index >= 15 is 0 Å². The van der Waals surface area contributed by atoms with E-state index in [9.17, 15) is 4.39 Å². The van der Waals surface area contributed by atoms with Crippen molar-refractivity contribution in [3.63, 3.8) is 0 Å². The third-order valence-electron chi connectivity index (χ3n) is 2.78. The summed E-state index contributed by atoms with van der Waals surface area (Å²) in [6.45, 7) is 3.94. The highest BCUT2D eigenvalue weighted by Crippen LogP contribution is 2.28. The van der Waals surface area contributed by atoms with E-state index < -0.39 is 5.95 Å². The highest BCUT2D eigenvalue weighted by atomic mass is 19.1. The summed E-state index contributed by atoms with van der Waals surface area (Å²) in [6.07, 6.45) is 7.46. The first kappa shape index (κ1) is 10.1. The van der Waals surface area contributed by atoms with Gasteiger partial charge in [-0.2, -0.15) is 4.39 Å². The molecule has 0 saturated carbocycles. The fourth-order valence-corrected chi connectivity index (χ4v) is 1.89. The van der Waals surface area contributed by atoms with Crippen LogP contribution in [0.1, 0.15) is 30.5 Å². The lowest BCUT2D eigenvalue weighted by molar-refractivity contribution is 0.576. The van der Waals surface area contributed by atoms with Crippen molar-refractivity contribution in [2.45, 2.75) is 26.2 Å². The highest BCUT2D eigenvalue weighted by molar-refractivity contribution is 5.33. The van der Waals surface area contributed by atoms with E-state index in [1.807, 2.05) is 13.0 Å². The first-order chi connectivity index (χ1) is 7.16. The summed E-state index contributed by atoms with van der Waals surface area (Å²) >= 11 is 0. The number of rotatable bonds is 1.